The quantitative estimate of drug-likeness (QED) is 0.895. The van der Waals surface area contributed by atoms with E-state index < -0.39 is 0 Å². The summed E-state index contributed by atoms with van der Waals surface area (Å²) in [6.07, 6.45) is 1.78. The Morgan fingerprint density at radius 2 is 2.18 bits per heavy atom. The van der Waals surface area contributed by atoms with Gasteiger partial charge in [0.2, 0.25) is 0 Å². The van der Waals surface area contributed by atoms with Crippen molar-refractivity contribution in [3.8, 4) is 0 Å². The van der Waals surface area contributed by atoms with Crippen LogP contribution in [0.5, 0.6) is 0 Å². The molecule has 0 bridgehead atoms. The standard InChI is InChI=1S/C13H13BrFNS/c14-11-5-3-9(8-12(11)15)13(16)6-4-10-2-1-7-17-10/h1-3,5,7-8,13H,4,6,16H2. The number of thiophene rings is 1. The van der Waals surface area contributed by atoms with Crippen LogP contribution >= 0.6 is 27.3 Å². The molecule has 0 fully saturated rings. The van der Waals surface area contributed by atoms with E-state index in [0.717, 1.165) is 18.4 Å². The van der Waals surface area contributed by atoms with Gasteiger partial charge < -0.3 is 5.73 Å². The van der Waals surface area contributed by atoms with Crippen molar-refractivity contribution in [1.29, 1.82) is 0 Å². The van der Waals surface area contributed by atoms with Gasteiger partial charge in [-0.25, -0.2) is 4.39 Å². The van der Waals surface area contributed by atoms with E-state index in [4.69, 9.17) is 5.73 Å². The van der Waals surface area contributed by atoms with Crippen molar-refractivity contribution in [2.75, 3.05) is 0 Å². The first-order chi connectivity index (χ1) is 8.16. The zero-order valence-electron chi connectivity index (χ0n) is 9.20. The van der Waals surface area contributed by atoms with E-state index in [0.29, 0.717) is 4.47 Å². The Balaban J connectivity index is 1.99. The zero-order valence-corrected chi connectivity index (χ0v) is 11.6. The first-order valence-electron chi connectivity index (χ1n) is 5.39. The molecule has 0 aliphatic rings. The van der Waals surface area contributed by atoms with E-state index >= 15 is 0 Å². The van der Waals surface area contributed by atoms with Gasteiger partial charge in [0.05, 0.1) is 4.47 Å². The fourth-order valence-corrected chi connectivity index (χ4v) is 2.63. The van der Waals surface area contributed by atoms with Crippen LogP contribution in [0.15, 0.2) is 40.2 Å². The van der Waals surface area contributed by atoms with Crippen LogP contribution in [0.25, 0.3) is 0 Å². The van der Waals surface area contributed by atoms with Crippen molar-refractivity contribution in [3.05, 3.63) is 56.4 Å². The molecule has 1 heterocycles. The van der Waals surface area contributed by atoms with Crippen molar-refractivity contribution in [1.82, 2.24) is 0 Å². The Bertz CT molecular complexity index is 484. The van der Waals surface area contributed by atoms with Crippen LogP contribution in [0.3, 0.4) is 0 Å². The molecule has 0 aliphatic heterocycles. The predicted molar refractivity (Wildman–Crippen MR) is 73.7 cm³/mol. The lowest BCUT2D eigenvalue weighted by molar-refractivity contribution is 0.605. The SMILES string of the molecule is NC(CCc1cccs1)c1ccc(Br)c(F)c1. The summed E-state index contributed by atoms with van der Waals surface area (Å²) in [5, 5.41) is 2.06. The van der Waals surface area contributed by atoms with Gasteiger partial charge in [-0.1, -0.05) is 12.1 Å². The lowest BCUT2D eigenvalue weighted by Crippen LogP contribution is -2.11. The third kappa shape index (κ3) is 3.37. The molecule has 1 nitrogen and oxygen atoms in total. The molecule has 0 saturated carbocycles. The second-order valence-corrected chi connectivity index (χ2v) is 5.78. The van der Waals surface area contributed by atoms with Crippen LogP contribution in [-0.4, -0.2) is 0 Å². The van der Waals surface area contributed by atoms with Crippen LogP contribution < -0.4 is 5.73 Å². The first-order valence-corrected chi connectivity index (χ1v) is 7.07. The minimum absolute atomic E-state index is 0.111. The molecule has 0 amide bonds. The van der Waals surface area contributed by atoms with Crippen LogP contribution in [-0.2, 0) is 6.42 Å². The average Bonchev–Trinajstić information content (AvgIpc) is 2.82. The van der Waals surface area contributed by atoms with Gasteiger partial charge in [0.25, 0.3) is 0 Å². The highest BCUT2D eigenvalue weighted by atomic mass is 79.9. The summed E-state index contributed by atoms with van der Waals surface area (Å²) in [4.78, 5) is 1.32. The van der Waals surface area contributed by atoms with E-state index in [1.165, 1.54) is 10.9 Å². The number of hydrogen-bond acceptors (Lipinski definition) is 2. The lowest BCUT2D eigenvalue weighted by Gasteiger charge is -2.11. The number of benzene rings is 1. The molecule has 1 aromatic carbocycles. The maximum atomic E-state index is 13.4. The smallest absolute Gasteiger partial charge is 0.137 e. The summed E-state index contributed by atoms with van der Waals surface area (Å²) in [5.74, 6) is -0.255. The van der Waals surface area contributed by atoms with E-state index in [-0.39, 0.29) is 11.9 Å². The summed E-state index contributed by atoms with van der Waals surface area (Å²) >= 11 is 4.86. The Kier molecular flexibility index (Phi) is 4.31. The summed E-state index contributed by atoms with van der Waals surface area (Å²) in [7, 11) is 0. The monoisotopic (exact) mass is 313 g/mol. The highest BCUT2D eigenvalue weighted by molar-refractivity contribution is 9.10. The summed E-state index contributed by atoms with van der Waals surface area (Å²) in [6, 6.07) is 9.09. The van der Waals surface area contributed by atoms with Gasteiger partial charge in [0.1, 0.15) is 5.82 Å². The highest BCUT2D eigenvalue weighted by Gasteiger charge is 2.09. The number of rotatable bonds is 4. The number of nitrogens with two attached hydrogens (primary N) is 1. The van der Waals surface area contributed by atoms with Gasteiger partial charge in [-0.05, 0) is 57.9 Å². The number of hydrogen-bond donors (Lipinski definition) is 1. The summed E-state index contributed by atoms with van der Waals surface area (Å²) < 4.78 is 13.8. The van der Waals surface area contributed by atoms with Crippen LogP contribution in [0, 0.1) is 5.82 Å². The molecule has 0 aliphatic carbocycles. The molecule has 0 radical (unpaired) electrons. The molecule has 2 N–H and O–H groups in total. The van der Waals surface area contributed by atoms with Crippen LogP contribution in [0.1, 0.15) is 22.9 Å². The normalized spacial score (nSPS) is 12.6. The molecule has 2 rings (SSSR count). The minimum Gasteiger partial charge on any atom is -0.324 e. The largest absolute Gasteiger partial charge is 0.324 e. The molecule has 1 aromatic heterocycles. The molecule has 17 heavy (non-hydrogen) atoms. The molecule has 0 spiro atoms. The predicted octanol–water partition coefficient (Wildman–Crippen LogP) is 4.28. The third-order valence-corrected chi connectivity index (χ3v) is 4.23. The highest BCUT2D eigenvalue weighted by Crippen LogP contribution is 2.23. The van der Waals surface area contributed by atoms with Gasteiger partial charge in [0, 0.05) is 10.9 Å². The molecule has 2 aromatic rings. The molecular weight excluding hydrogens is 301 g/mol. The summed E-state index contributed by atoms with van der Waals surface area (Å²) in [6.45, 7) is 0. The van der Waals surface area contributed by atoms with Gasteiger partial charge in [0.15, 0.2) is 0 Å². The number of aryl methyl sites for hydroxylation is 1. The number of halogens is 2. The van der Waals surface area contributed by atoms with Crippen molar-refractivity contribution >= 4 is 27.3 Å². The van der Waals surface area contributed by atoms with E-state index in [9.17, 15) is 4.39 Å². The fourth-order valence-electron chi connectivity index (χ4n) is 1.66. The fraction of sp³-hybridized carbons (Fsp3) is 0.231. The molecule has 0 saturated heterocycles. The van der Waals surface area contributed by atoms with E-state index in [2.05, 4.69) is 27.4 Å². The van der Waals surface area contributed by atoms with Crippen molar-refractivity contribution < 1.29 is 4.39 Å². The van der Waals surface area contributed by atoms with Gasteiger partial charge in [-0.3, -0.25) is 0 Å². The van der Waals surface area contributed by atoms with E-state index in [1.54, 1.807) is 17.4 Å². The molecule has 4 heteroatoms. The maximum absolute atomic E-state index is 13.4. The second-order valence-electron chi connectivity index (χ2n) is 3.90. The van der Waals surface area contributed by atoms with Crippen LogP contribution in [0.2, 0.25) is 0 Å². The molecular formula is C13H13BrFNS. The second kappa shape index (κ2) is 5.76. The zero-order chi connectivity index (χ0) is 12.3. The summed E-state index contributed by atoms with van der Waals surface area (Å²) in [5.41, 5.74) is 6.90. The van der Waals surface area contributed by atoms with E-state index in [1.807, 2.05) is 12.1 Å². The van der Waals surface area contributed by atoms with Gasteiger partial charge >= 0.3 is 0 Å². The molecule has 1 atom stereocenters. The Labute approximate surface area is 113 Å². The maximum Gasteiger partial charge on any atom is 0.137 e. The Morgan fingerprint density at radius 1 is 1.35 bits per heavy atom. The minimum atomic E-state index is -0.255. The lowest BCUT2D eigenvalue weighted by atomic mass is 10.0. The molecule has 90 valence electrons. The van der Waals surface area contributed by atoms with Crippen molar-refractivity contribution in [2.24, 2.45) is 5.73 Å². The van der Waals surface area contributed by atoms with Crippen LogP contribution in [0.4, 0.5) is 4.39 Å². The van der Waals surface area contributed by atoms with Gasteiger partial charge in [-0.15, -0.1) is 11.3 Å². The average molecular weight is 314 g/mol. The van der Waals surface area contributed by atoms with Crippen molar-refractivity contribution in [3.63, 3.8) is 0 Å². The third-order valence-electron chi connectivity index (χ3n) is 2.65. The first kappa shape index (κ1) is 12.7. The Morgan fingerprint density at radius 3 is 2.82 bits per heavy atom. The Hall–Kier alpha value is -0.710. The topological polar surface area (TPSA) is 26.0 Å². The molecule has 1 unspecified atom stereocenters. The van der Waals surface area contributed by atoms with Crippen molar-refractivity contribution in [2.45, 2.75) is 18.9 Å². The van der Waals surface area contributed by atoms with Gasteiger partial charge in [-0.2, -0.15) is 0 Å².